The standard InChI is InChI=1S/C17H25ClN2O3/c1-13(23-16-5-3-4-15(18)10-16)17(21)19-11-14-6-7-20(12-14)8-9-22-2/h3-5,10,13-14H,6-9,11-12H2,1-2H3,(H,19,21)/t13-,14-/m0/s1. The number of hydrogen-bond donors (Lipinski definition) is 1. The predicted octanol–water partition coefficient (Wildman–Crippen LogP) is 2.19. The highest BCUT2D eigenvalue weighted by Crippen LogP contribution is 2.18. The highest BCUT2D eigenvalue weighted by atomic mass is 35.5. The summed E-state index contributed by atoms with van der Waals surface area (Å²) >= 11 is 5.91. The second kappa shape index (κ2) is 9.11. The minimum atomic E-state index is -0.542. The van der Waals surface area contributed by atoms with Gasteiger partial charge in [-0.15, -0.1) is 0 Å². The Hall–Kier alpha value is -1.30. The van der Waals surface area contributed by atoms with E-state index in [1.165, 1.54) is 0 Å². The number of halogens is 1. The van der Waals surface area contributed by atoms with Gasteiger partial charge in [0.1, 0.15) is 5.75 Å². The van der Waals surface area contributed by atoms with Gasteiger partial charge in [0.05, 0.1) is 6.61 Å². The predicted molar refractivity (Wildman–Crippen MR) is 91.0 cm³/mol. The fourth-order valence-electron chi connectivity index (χ4n) is 2.69. The summed E-state index contributed by atoms with van der Waals surface area (Å²) in [5, 5.41) is 3.58. The number of ether oxygens (including phenoxy) is 2. The number of nitrogens with one attached hydrogen (secondary N) is 1. The molecule has 1 aliphatic heterocycles. The molecule has 23 heavy (non-hydrogen) atoms. The summed E-state index contributed by atoms with van der Waals surface area (Å²) in [6.45, 7) is 6.21. The van der Waals surface area contributed by atoms with E-state index in [1.807, 2.05) is 0 Å². The van der Waals surface area contributed by atoms with E-state index in [9.17, 15) is 4.79 Å². The summed E-state index contributed by atoms with van der Waals surface area (Å²) in [6, 6.07) is 7.07. The molecule has 5 nitrogen and oxygen atoms in total. The van der Waals surface area contributed by atoms with E-state index >= 15 is 0 Å². The highest BCUT2D eigenvalue weighted by molar-refractivity contribution is 6.30. The first-order chi connectivity index (χ1) is 11.1. The normalized spacial score (nSPS) is 19.5. The number of benzene rings is 1. The lowest BCUT2D eigenvalue weighted by molar-refractivity contribution is -0.127. The van der Waals surface area contributed by atoms with Crippen LogP contribution in [-0.4, -0.2) is 56.8 Å². The quantitative estimate of drug-likeness (QED) is 0.788. The maximum Gasteiger partial charge on any atom is 0.260 e. The SMILES string of the molecule is COCCN1CC[C@@H](CNC(=O)[C@H](C)Oc2cccc(Cl)c2)C1. The molecular weight excluding hydrogens is 316 g/mol. The Kier molecular flexibility index (Phi) is 7.15. The van der Waals surface area contributed by atoms with E-state index in [0.29, 0.717) is 23.2 Å². The van der Waals surface area contributed by atoms with Crippen LogP contribution in [0.5, 0.6) is 5.75 Å². The summed E-state index contributed by atoms with van der Waals surface area (Å²) in [4.78, 5) is 14.5. The monoisotopic (exact) mass is 340 g/mol. The van der Waals surface area contributed by atoms with Crippen LogP contribution in [0.25, 0.3) is 0 Å². The summed E-state index contributed by atoms with van der Waals surface area (Å²) in [6.07, 6.45) is 0.563. The van der Waals surface area contributed by atoms with Crippen LogP contribution in [-0.2, 0) is 9.53 Å². The molecule has 1 amide bonds. The van der Waals surface area contributed by atoms with Gasteiger partial charge in [-0.25, -0.2) is 0 Å². The van der Waals surface area contributed by atoms with E-state index in [1.54, 1.807) is 38.3 Å². The maximum atomic E-state index is 12.1. The van der Waals surface area contributed by atoms with Crippen molar-refractivity contribution >= 4 is 17.5 Å². The Morgan fingerprint density at radius 1 is 1.52 bits per heavy atom. The Morgan fingerprint density at radius 2 is 2.35 bits per heavy atom. The lowest BCUT2D eigenvalue weighted by atomic mass is 10.1. The van der Waals surface area contributed by atoms with Crippen LogP contribution in [0.15, 0.2) is 24.3 Å². The second-order valence-corrected chi connectivity index (χ2v) is 6.35. The van der Waals surface area contributed by atoms with Gasteiger partial charge in [-0.05, 0) is 44.0 Å². The van der Waals surface area contributed by atoms with Crippen molar-refractivity contribution in [2.45, 2.75) is 19.4 Å². The fourth-order valence-corrected chi connectivity index (χ4v) is 2.87. The third kappa shape index (κ3) is 6.01. The number of likely N-dealkylation sites (tertiary alicyclic amines) is 1. The highest BCUT2D eigenvalue weighted by Gasteiger charge is 2.23. The van der Waals surface area contributed by atoms with Gasteiger partial charge in [0.25, 0.3) is 5.91 Å². The minimum absolute atomic E-state index is 0.0969. The molecule has 1 aliphatic rings. The number of carbonyl (C=O) groups excluding carboxylic acids is 1. The molecule has 2 rings (SSSR count). The zero-order valence-electron chi connectivity index (χ0n) is 13.8. The van der Waals surface area contributed by atoms with E-state index in [2.05, 4.69) is 10.2 Å². The zero-order valence-corrected chi connectivity index (χ0v) is 14.5. The summed E-state index contributed by atoms with van der Waals surface area (Å²) in [5.74, 6) is 1.00. The van der Waals surface area contributed by atoms with Crippen molar-refractivity contribution < 1.29 is 14.3 Å². The van der Waals surface area contributed by atoms with Gasteiger partial charge >= 0.3 is 0 Å². The van der Waals surface area contributed by atoms with Gasteiger partial charge in [-0.1, -0.05) is 17.7 Å². The Bertz CT molecular complexity index is 512. The molecule has 1 fully saturated rings. The van der Waals surface area contributed by atoms with Gasteiger partial charge in [0.2, 0.25) is 0 Å². The Morgan fingerprint density at radius 3 is 3.09 bits per heavy atom. The third-order valence-electron chi connectivity index (χ3n) is 4.02. The van der Waals surface area contributed by atoms with Crippen LogP contribution in [0, 0.1) is 5.92 Å². The number of methoxy groups -OCH3 is 1. The molecule has 1 heterocycles. The van der Waals surface area contributed by atoms with Crippen LogP contribution < -0.4 is 10.1 Å². The molecule has 128 valence electrons. The summed E-state index contributed by atoms with van der Waals surface area (Å²) < 4.78 is 10.7. The van der Waals surface area contributed by atoms with Crippen LogP contribution in [0.4, 0.5) is 0 Å². The molecule has 2 atom stereocenters. The summed E-state index contributed by atoms with van der Waals surface area (Å²) in [7, 11) is 1.72. The van der Waals surface area contributed by atoms with Gasteiger partial charge in [-0.3, -0.25) is 4.79 Å². The first-order valence-electron chi connectivity index (χ1n) is 7.99. The Balaban J connectivity index is 1.70. The molecule has 0 aromatic heterocycles. The lowest BCUT2D eigenvalue weighted by Crippen LogP contribution is -2.39. The number of rotatable bonds is 8. The van der Waals surface area contributed by atoms with Crippen molar-refractivity contribution in [2.24, 2.45) is 5.92 Å². The van der Waals surface area contributed by atoms with Crippen molar-refractivity contribution in [3.05, 3.63) is 29.3 Å². The number of hydrogen-bond acceptors (Lipinski definition) is 4. The fraction of sp³-hybridized carbons (Fsp3) is 0.588. The van der Waals surface area contributed by atoms with Crippen molar-refractivity contribution in [1.29, 1.82) is 0 Å². The first-order valence-corrected chi connectivity index (χ1v) is 8.37. The maximum absolute atomic E-state index is 12.1. The molecule has 1 aromatic rings. The van der Waals surface area contributed by atoms with Gasteiger partial charge in [0.15, 0.2) is 6.10 Å². The van der Waals surface area contributed by atoms with Crippen LogP contribution in [0.1, 0.15) is 13.3 Å². The largest absolute Gasteiger partial charge is 0.481 e. The van der Waals surface area contributed by atoms with Crippen molar-refractivity contribution in [1.82, 2.24) is 10.2 Å². The molecule has 6 heteroatoms. The number of amides is 1. The molecule has 0 aliphatic carbocycles. The molecule has 1 saturated heterocycles. The van der Waals surface area contributed by atoms with E-state index in [-0.39, 0.29) is 5.91 Å². The van der Waals surface area contributed by atoms with Crippen molar-refractivity contribution in [3.8, 4) is 5.75 Å². The molecule has 0 saturated carbocycles. The average Bonchev–Trinajstić information content (AvgIpc) is 2.98. The number of carbonyl (C=O) groups is 1. The van der Waals surface area contributed by atoms with E-state index in [4.69, 9.17) is 21.1 Å². The molecule has 0 radical (unpaired) electrons. The van der Waals surface area contributed by atoms with Gasteiger partial charge < -0.3 is 19.7 Å². The van der Waals surface area contributed by atoms with E-state index < -0.39 is 6.10 Å². The third-order valence-corrected chi connectivity index (χ3v) is 4.26. The van der Waals surface area contributed by atoms with Crippen molar-refractivity contribution in [3.63, 3.8) is 0 Å². The molecule has 0 spiro atoms. The number of nitrogens with zero attached hydrogens (tertiary/aromatic N) is 1. The average molecular weight is 341 g/mol. The smallest absolute Gasteiger partial charge is 0.260 e. The zero-order chi connectivity index (χ0) is 16.7. The minimum Gasteiger partial charge on any atom is -0.481 e. The Labute approximate surface area is 142 Å². The van der Waals surface area contributed by atoms with E-state index in [0.717, 1.165) is 32.7 Å². The topological polar surface area (TPSA) is 50.8 Å². The molecule has 0 bridgehead atoms. The van der Waals surface area contributed by atoms with Gasteiger partial charge in [0, 0.05) is 31.8 Å². The van der Waals surface area contributed by atoms with Crippen LogP contribution >= 0.6 is 11.6 Å². The molecule has 1 aromatic carbocycles. The van der Waals surface area contributed by atoms with Crippen molar-refractivity contribution in [2.75, 3.05) is 39.9 Å². The molecule has 1 N–H and O–H groups in total. The van der Waals surface area contributed by atoms with Crippen LogP contribution in [0.2, 0.25) is 5.02 Å². The van der Waals surface area contributed by atoms with Gasteiger partial charge in [-0.2, -0.15) is 0 Å². The summed E-state index contributed by atoms with van der Waals surface area (Å²) in [5.41, 5.74) is 0. The van der Waals surface area contributed by atoms with Crippen LogP contribution in [0.3, 0.4) is 0 Å². The second-order valence-electron chi connectivity index (χ2n) is 5.91. The first kappa shape index (κ1) is 18.0. The molecule has 0 unspecified atom stereocenters. The molecular formula is C17H25ClN2O3. The lowest BCUT2D eigenvalue weighted by Gasteiger charge is -2.18.